The molecule has 2 aliphatic rings. The van der Waals surface area contributed by atoms with Gasteiger partial charge in [-0.25, -0.2) is 0 Å². The van der Waals surface area contributed by atoms with Crippen molar-refractivity contribution in [2.75, 3.05) is 42.0 Å². The second-order valence-corrected chi connectivity index (χ2v) is 6.16. The van der Waals surface area contributed by atoms with Gasteiger partial charge in [0.15, 0.2) is 12.0 Å². The molecule has 0 radical (unpaired) electrons. The molecule has 3 heterocycles. The number of H-pyrrole nitrogens is 1. The number of nitrogens with zero attached hydrogens (tertiary/aromatic N) is 3. The summed E-state index contributed by atoms with van der Waals surface area (Å²) >= 11 is 0. The van der Waals surface area contributed by atoms with Gasteiger partial charge in [0.05, 0.1) is 13.3 Å². The van der Waals surface area contributed by atoms with Gasteiger partial charge in [-0.05, 0) is 12.8 Å². The van der Waals surface area contributed by atoms with Crippen molar-refractivity contribution in [3.05, 3.63) is 10.4 Å². The summed E-state index contributed by atoms with van der Waals surface area (Å²) in [6.07, 6.45) is -3.18. The second-order valence-electron chi connectivity index (χ2n) is 6.16. The molecule has 0 unspecified atom stereocenters. The zero-order valence-corrected chi connectivity index (χ0v) is 13.6. The molecule has 1 aromatic rings. The van der Waals surface area contributed by atoms with Crippen molar-refractivity contribution in [2.24, 2.45) is 0 Å². The summed E-state index contributed by atoms with van der Waals surface area (Å²) in [5.74, 6) is 0.179. The lowest BCUT2D eigenvalue weighted by atomic mass is 10.1. The maximum absolute atomic E-state index is 12.3. The first kappa shape index (κ1) is 17.9. The number of aromatic nitrogens is 2. The number of nitrogen functional groups attached to an aromatic ring is 1. The number of fused-ring (bicyclic) bond motifs is 1. The summed E-state index contributed by atoms with van der Waals surface area (Å²) in [6, 6.07) is 0. The Hall–Kier alpha value is -1.92. The highest BCUT2D eigenvalue weighted by Crippen LogP contribution is 2.36. The van der Waals surface area contributed by atoms with Crippen LogP contribution in [-0.4, -0.2) is 81.4 Å². The summed E-state index contributed by atoms with van der Waals surface area (Å²) in [5.41, 5.74) is 5.52. The molecule has 0 bridgehead atoms. The number of aliphatic hydroxyl groups is 4. The van der Waals surface area contributed by atoms with Crippen LogP contribution < -0.4 is 21.1 Å². The molecule has 7 N–H and O–H groups in total. The van der Waals surface area contributed by atoms with Crippen LogP contribution in [0.2, 0.25) is 0 Å². The SMILES string of the molecule is Nc1nc2c(c(=O)[nH]1)N(CCCCO)CN2[C@@H]1O[C@H](CO)[C@@H](O)[C@H]1O. The smallest absolute Gasteiger partial charge is 0.278 e. The molecule has 3 rings (SSSR count). The minimum atomic E-state index is -1.27. The molecule has 0 aliphatic carbocycles. The highest BCUT2D eigenvalue weighted by molar-refractivity contribution is 5.73. The molecule has 2 aliphatic heterocycles. The van der Waals surface area contributed by atoms with Gasteiger partial charge >= 0.3 is 0 Å². The van der Waals surface area contributed by atoms with Gasteiger partial charge in [-0.15, -0.1) is 0 Å². The van der Waals surface area contributed by atoms with E-state index in [2.05, 4.69) is 9.97 Å². The third-order valence-corrected chi connectivity index (χ3v) is 4.47. The van der Waals surface area contributed by atoms with E-state index >= 15 is 0 Å². The number of nitrogens with two attached hydrogens (primary N) is 1. The molecule has 0 spiro atoms. The number of hydrogen-bond acceptors (Lipinski definition) is 10. The van der Waals surface area contributed by atoms with E-state index in [-0.39, 0.29) is 25.0 Å². The Morgan fingerprint density at radius 1 is 1.28 bits per heavy atom. The van der Waals surface area contributed by atoms with Gasteiger partial charge in [0.2, 0.25) is 5.95 Å². The van der Waals surface area contributed by atoms with Crippen molar-refractivity contribution in [2.45, 2.75) is 37.4 Å². The van der Waals surface area contributed by atoms with Crippen LogP contribution in [0.3, 0.4) is 0 Å². The second kappa shape index (κ2) is 7.14. The van der Waals surface area contributed by atoms with Crippen molar-refractivity contribution in [1.29, 1.82) is 0 Å². The molecule has 0 saturated carbocycles. The number of rotatable bonds is 6. The molecule has 140 valence electrons. The van der Waals surface area contributed by atoms with E-state index in [4.69, 9.17) is 15.6 Å². The lowest BCUT2D eigenvalue weighted by Crippen LogP contribution is -2.46. The van der Waals surface area contributed by atoms with Crippen molar-refractivity contribution in [1.82, 2.24) is 9.97 Å². The zero-order chi connectivity index (χ0) is 18.1. The summed E-state index contributed by atoms with van der Waals surface area (Å²) in [7, 11) is 0. The fraction of sp³-hybridized carbons (Fsp3) is 0.714. The Morgan fingerprint density at radius 3 is 2.68 bits per heavy atom. The van der Waals surface area contributed by atoms with Gasteiger partial charge in [0.1, 0.15) is 24.0 Å². The van der Waals surface area contributed by atoms with E-state index in [1.54, 1.807) is 9.80 Å². The maximum Gasteiger partial charge on any atom is 0.278 e. The number of aliphatic hydroxyl groups excluding tert-OH is 4. The molecular formula is C14H23N5O6. The molecule has 1 fully saturated rings. The van der Waals surface area contributed by atoms with Crippen LogP contribution in [0.25, 0.3) is 0 Å². The number of hydrogen-bond donors (Lipinski definition) is 6. The van der Waals surface area contributed by atoms with Crippen LogP contribution in [0, 0.1) is 0 Å². The van der Waals surface area contributed by atoms with E-state index in [0.29, 0.717) is 25.1 Å². The van der Waals surface area contributed by atoms with E-state index < -0.39 is 36.7 Å². The summed E-state index contributed by atoms with van der Waals surface area (Å²) < 4.78 is 5.55. The monoisotopic (exact) mass is 357 g/mol. The van der Waals surface area contributed by atoms with Gasteiger partial charge in [-0.2, -0.15) is 4.98 Å². The van der Waals surface area contributed by atoms with Gasteiger partial charge in [-0.3, -0.25) is 9.78 Å². The van der Waals surface area contributed by atoms with E-state index in [1.807, 2.05) is 0 Å². The summed E-state index contributed by atoms with van der Waals surface area (Å²) in [4.78, 5) is 22.2. The lowest BCUT2D eigenvalue weighted by molar-refractivity contribution is -0.0222. The zero-order valence-electron chi connectivity index (χ0n) is 13.6. The van der Waals surface area contributed by atoms with Crippen LogP contribution in [0.4, 0.5) is 17.5 Å². The molecule has 11 heteroatoms. The number of unbranched alkanes of at least 4 members (excludes halogenated alkanes) is 1. The first-order chi connectivity index (χ1) is 12.0. The number of nitrogens with one attached hydrogen (secondary N) is 1. The Morgan fingerprint density at radius 2 is 2.04 bits per heavy atom. The molecule has 1 aromatic heterocycles. The largest absolute Gasteiger partial charge is 0.396 e. The van der Waals surface area contributed by atoms with E-state index in [0.717, 1.165) is 0 Å². The average Bonchev–Trinajstić information content (AvgIpc) is 3.06. The fourth-order valence-electron chi connectivity index (χ4n) is 3.21. The third kappa shape index (κ3) is 3.16. The third-order valence-electron chi connectivity index (χ3n) is 4.47. The Bertz CT molecular complexity index is 670. The predicted octanol–water partition coefficient (Wildman–Crippen LogP) is -2.85. The normalized spacial score (nSPS) is 28.6. The molecule has 11 nitrogen and oxygen atoms in total. The van der Waals surface area contributed by atoms with Crippen LogP contribution in [-0.2, 0) is 4.74 Å². The lowest BCUT2D eigenvalue weighted by Gasteiger charge is -2.28. The minimum Gasteiger partial charge on any atom is -0.396 e. The Balaban J connectivity index is 1.91. The van der Waals surface area contributed by atoms with Gasteiger partial charge in [0.25, 0.3) is 5.56 Å². The summed E-state index contributed by atoms with van der Waals surface area (Å²) in [6.45, 7) is 0.302. The molecule has 1 saturated heterocycles. The van der Waals surface area contributed by atoms with E-state index in [9.17, 15) is 20.1 Å². The molecule has 4 atom stereocenters. The quantitative estimate of drug-likeness (QED) is 0.291. The molecule has 0 amide bonds. The van der Waals surface area contributed by atoms with Gasteiger partial charge in [-0.1, -0.05) is 0 Å². The van der Waals surface area contributed by atoms with Crippen LogP contribution in [0.15, 0.2) is 4.79 Å². The van der Waals surface area contributed by atoms with Gasteiger partial charge in [0, 0.05) is 13.2 Å². The first-order valence-corrected chi connectivity index (χ1v) is 8.12. The van der Waals surface area contributed by atoms with Crippen molar-refractivity contribution in [3.8, 4) is 0 Å². The standard InChI is InChI=1S/C14H23N5O6/c15-14-16-11-8(12(24)17-14)18(3-1-2-4-20)6-19(11)13-10(23)9(22)7(5-21)25-13/h7,9-10,13,20-23H,1-6H2,(H3,15,16,17,24)/t7-,9-,10-,13-/m1/s1. The van der Waals surface area contributed by atoms with Crippen molar-refractivity contribution in [3.63, 3.8) is 0 Å². The van der Waals surface area contributed by atoms with Crippen LogP contribution in [0.1, 0.15) is 12.8 Å². The highest BCUT2D eigenvalue weighted by atomic mass is 16.6. The molecule has 25 heavy (non-hydrogen) atoms. The number of anilines is 3. The van der Waals surface area contributed by atoms with Crippen LogP contribution >= 0.6 is 0 Å². The average molecular weight is 357 g/mol. The Labute approximate surface area is 143 Å². The fourth-order valence-corrected chi connectivity index (χ4v) is 3.21. The van der Waals surface area contributed by atoms with E-state index in [1.165, 1.54) is 0 Å². The highest BCUT2D eigenvalue weighted by Gasteiger charge is 2.48. The van der Waals surface area contributed by atoms with Crippen molar-refractivity contribution >= 4 is 17.5 Å². The number of ether oxygens (including phenoxy) is 1. The van der Waals surface area contributed by atoms with Gasteiger partial charge < -0.3 is 40.7 Å². The predicted molar refractivity (Wildman–Crippen MR) is 88.0 cm³/mol. The first-order valence-electron chi connectivity index (χ1n) is 8.12. The minimum absolute atomic E-state index is 0.0512. The topological polar surface area (TPSA) is 168 Å². The number of aromatic amines is 1. The Kier molecular flexibility index (Phi) is 5.11. The molecule has 0 aromatic carbocycles. The maximum atomic E-state index is 12.3. The summed E-state index contributed by atoms with van der Waals surface area (Å²) in [5, 5.41) is 38.4. The molecular weight excluding hydrogens is 334 g/mol. The van der Waals surface area contributed by atoms with Crippen LogP contribution in [0.5, 0.6) is 0 Å². The van der Waals surface area contributed by atoms with Crippen molar-refractivity contribution < 1.29 is 25.2 Å².